The van der Waals surface area contributed by atoms with Crippen molar-refractivity contribution >= 4 is 0 Å². The lowest BCUT2D eigenvalue weighted by Crippen LogP contribution is -2.05. The summed E-state index contributed by atoms with van der Waals surface area (Å²) in [7, 11) is 0. The molecule has 94 valence electrons. The van der Waals surface area contributed by atoms with Gasteiger partial charge in [0.05, 0.1) is 6.61 Å². The van der Waals surface area contributed by atoms with Gasteiger partial charge in [-0.15, -0.1) is 0 Å². The normalized spacial score (nSPS) is 16.9. The highest BCUT2D eigenvalue weighted by Crippen LogP contribution is 2.31. The number of hydrogen-bond donors (Lipinski definition) is 1. The average molecular weight is 238 g/mol. The van der Waals surface area contributed by atoms with Crippen LogP contribution in [-0.2, 0) is 0 Å². The first kappa shape index (κ1) is 12.4. The van der Waals surface area contributed by atoms with Crippen molar-refractivity contribution in [3.05, 3.63) is 29.6 Å². The molecule has 1 N–H and O–H groups in total. The molecule has 2 nitrogen and oxygen atoms in total. The van der Waals surface area contributed by atoms with Crippen LogP contribution in [0.25, 0.3) is 0 Å². The zero-order chi connectivity index (χ0) is 12.3. The van der Waals surface area contributed by atoms with Gasteiger partial charge in [-0.25, -0.2) is 4.39 Å². The molecule has 0 bridgehead atoms. The van der Waals surface area contributed by atoms with E-state index in [-0.39, 0.29) is 18.3 Å². The van der Waals surface area contributed by atoms with E-state index in [0.717, 1.165) is 12.0 Å². The molecular weight excluding hydrogens is 219 g/mol. The highest BCUT2D eigenvalue weighted by Gasteiger charge is 2.22. The fraction of sp³-hybridized carbons (Fsp3) is 0.571. The molecule has 0 aliphatic heterocycles. The van der Waals surface area contributed by atoms with Gasteiger partial charge in [0.2, 0.25) is 0 Å². The summed E-state index contributed by atoms with van der Waals surface area (Å²) < 4.78 is 19.0. The van der Waals surface area contributed by atoms with E-state index in [1.165, 1.54) is 18.9 Å². The third-order valence-electron chi connectivity index (χ3n) is 3.31. The lowest BCUT2D eigenvalue weighted by atomic mass is 9.97. The number of benzene rings is 1. The number of hydrogen-bond acceptors (Lipinski definition) is 2. The van der Waals surface area contributed by atoms with Crippen molar-refractivity contribution in [3.63, 3.8) is 0 Å². The molecule has 1 saturated carbocycles. The molecular formula is C14H19FO2. The van der Waals surface area contributed by atoms with Gasteiger partial charge in [0.15, 0.2) is 11.6 Å². The Morgan fingerprint density at radius 2 is 2.24 bits per heavy atom. The summed E-state index contributed by atoms with van der Waals surface area (Å²) in [6, 6.07) is 4.88. The molecule has 0 amide bonds. The third-order valence-corrected chi connectivity index (χ3v) is 3.31. The van der Waals surface area contributed by atoms with Gasteiger partial charge in [0.1, 0.15) is 0 Å². The lowest BCUT2D eigenvalue weighted by Gasteiger charge is -2.14. The molecule has 1 fully saturated rings. The van der Waals surface area contributed by atoms with E-state index in [0.29, 0.717) is 18.3 Å². The van der Waals surface area contributed by atoms with Crippen molar-refractivity contribution in [1.82, 2.24) is 0 Å². The van der Waals surface area contributed by atoms with Crippen LogP contribution < -0.4 is 4.74 Å². The minimum absolute atomic E-state index is 0.0684. The van der Waals surface area contributed by atoms with Crippen LogP contribution in [0.4, 0.5) is 4.39 Å². The molecule has 0 spiro atoms. The molecule has 1 aliphatic rings. The first-order chi connectivity index (χ1) is 8.24. The Hall–Kier alpha value is -1.09. The van der Waals surface area contributed by atoms with Crippen molar-refractivity contribution in [3.8, 4) is 5.75 Å². The van der Waals surface area contributed by atoms with Crippen LogP contribution >= 0.6 is 0 Å². The second-order valence-corrected chi connectivity index (χ2v) is 4.73. The molecule has 1 aromatic rings. The monoisotopic (exact) mass is 238 g/mol. The fourth-order valence-electron chi connectivity index (χ4n) is 1.85. The number of aliphatic hydroxyl groups is 1. The molecule has 0 unspecified atom stereocenters. The topological polar surface area (TPSA) is 29.5 Å². The van der Waals surface area contributed by atoms with Gasteiger partial charge in [-0.1, -0.05) is 13.0 Å². The van der Waals surface area contributed by atoms with E-state index in [1.807, 2.05) is 6.92 Å². The van der Waals surface area contributed by atoms with Crippen molar-refractivity contribution < 1.29 is 14.2 Å². The van der Waals surface area contributed by atoms with Crippen LogP contribution in [0, 0.1) is 11.7 Å². The standard InChI is InChI=1S/C14H19FO2/c1-2-11(8-16)12-5-6-13(15)14(7-12)17-9-10-3-4-10/h5-7,10-11,16H,2-4,8-9H2,1H3/t11-/m0/s1. The predicted octanol–water partition coefficient (Wildman–Crippen LogP) is 3.10. The van der Waals surface area contributed by atoms with E-state index in [1.54, 1.807) is 12.1 Å². The summed E-state index contributed by atoms with van der Waals surface area (Å²) >= 11 is 0. The fourth-order valence-corrected chi connectivity index (χ4v) is 1.85. The SMILES string of the molecule is CC[C@@H](CO)c1ccc(F)c(OCC2CC2)c1. The van der Waals surface area contributed by atoms with Crippen molar-refractivity contribution in [2.45, 2.75) is 32.1 Å². The van der Waals surface area contributed by atoms with Crippen LogP contribution in [0.5, 0.6) is 5.75 Å². The maximum Gasteiger partial charge on any atom is 0.165 e. The van der Waals surface area contributed by atoms with Crippen molar-refractivity contribution in [2.24, 2.45) is 5.92 Å². The number of halogens is 1. The average Bonchev–Trinajstić information content (AvgIpc) is 3.15. The molecule has 17 heavy (non-hydrogen) atoms. The minimum atomic E-state index is -0.317. The van der Waals surface area contributed by atoms with Crippen molar-refractivity contribution in [1.29, 1.82) is 0 Å². The van der Waals surface area contributed by atoms with Gasteiger partial charge in [-0.2, -0.15) is 0 Å². The maximum atomic E-state index is 13.5. The molecule has 0 saturated heterocycles. The molecule has 1 atom stereocenters. The molecule has 1 aromatic carbocycles. The van der Waals surface area contributed by atoms with Gasteiger partial charge in [0.25, 0.3) is 0 Å². The van der Waals surface area contributed by atoms with E-state index in [9.17, 15) is 9.50 Å². The summed E-state index contributed by atoms with van der Waals surface area (Å²) in [5, 5.41) is 9.23. The van der Waals surface area contributed by atoms with Gasteiger partial charge >= 0.3 is 0 Å². The number of ether oxygens (including phenoxy) is 1. The molecule has 0 aromatic heterocycles. The Balaban J connectivity index is 2.09. The number of aliphatic hydroxyl groups excluding tert-OH is 1. The van der Waals surface area contributed by atoms with Crippen molar-refractivity contribution in [2.75, 3.05) is 13.2 Å². The zero-order valence-electron chi connectivity index (χ0n) is 10.2. The van der Waals surface area contributed by atoms with Gasteiger partial charge in [-0.3, -0.25) is 0 Å². The van der Waals surface area contributed by atoms with Crippen LogP contribution in [0.1, 0.15) is 37.7 Å². The Bertz CT molecular complexity index is 370. The Morgan fingerprint density at radius 1 is 1.47 bits per heavy atom. The maximum absolute atomic E-state index is 13.5. The van der Waals surface area contributed by atoms with E-state index < -0.39 is 0 Å². The highest BCUT2D eigenvalue weighted by molar-refractivity contribution is 5.32. The van der Waals surface area contributed by atoms with E-state index in [4.69, 9.17) is 4.74 Å². The molecule has 2 rings (SSSR count). The van der Waals surface area contributed by atoms with Gasteiger partial charge < -0.3 is 9.84 Å². The summed E-state index contributed by atoms with van der Waals surface area (Å²) in [5.41, 5.74) is 0.946. The molecule has 3 heteroatoms. The van der Waals surface area contributed by atoms with Crippen LogP contribution in [0.15, 0.2) is 18.2 Å². The lowest BCUT2D eigenvalue weighted by molar-refractivity contribution is 0.260. The highest BCUT2D eigenvalue weighted by atomic mass is 19.1. The zero-order valence-corrected chi connectivity index (χ0v) is 10.2. The molecule has 0 radical (unpaired) electrons. The smallest absolute Gasteiger partial charge is 0.165 e. The van der Waals surface area contributed by atoms with Crippen LogP contribution in [-0.4, -0.2) is 18.3 Å². The summed E-state index contributed by atoms with van der Waals surface area (Å²) in [5.74, 6) is 0.681. The first-order valence-electron chi connectivity index (χ1n) is 6.27. The van der Waals surface area contributed by atoms with Crippen LogP contribution in [0.3, 0.4) is 0 Å². The summed E-state index contributed by atoms with van der Waals surface area (Å²) in [4.78, 5) is 0. The quantitative estimate of drug-likeness (QED) is 0.825. The summed E-state index contributed by atoms with van der Waals surface area (Å²) in [6.45, 7) is 2.70. The van der Waals surface area contributed by atoms with E-state index in [2.05, 4.69) is 0 Å². The Kier molecular flexibility index (Phi) is 4.00. The first-order valence-corrected chi connectivity index (χ1v) is 6.27. The molecule has 0 heterocycles. The molecule has 1 aliphatic carbocycles. The second kappa shape index (κ2) is 5.50. The second-order valence-electron chi connectivity index (χ2n) is 4.73. The largest absolute Gasteiger partial charge is 0.490 e. The van der Waals surface area contributed by atoms with E-state index >= 15 is 0 Å². The Labute approximate surface area is 101 Å². The summed E-state index contributed by atoms with van der Waals surface area (Å²) in [6.07, 6.45) is 3.22. The minimum Gasteiger partial charge on any atom is -0.490 e. The van der Waals surface area contributed by atoms with Gasteiger partial charge in [0, 0.05) is 12.5 Å². The predicted molar refractivity (Wildman–Crippen MR) is 64.7 cm³/mol. The van der Waals surface area contributed by atoms with Crippen LogP contribution in [0.2, 0.25) is 0 Å². The Morgan fingerprint density at radius 3 is 2.82 bits per heavy atom. The number of rotatable bonds is 6. The van der Waals surface area contributed by atoms with Gasteiger partial charge in [-0.05, 0) is 42.9 Å². The third kappa shape index (κ3) is 3.19.